The minimum Gasteiger partial charge on any atom is -0.351 e. The van der Waals surface area contributed by atoms with Crippen LogP contribution in [0.5, 0.6) is 0 Å². The molecule has 1 aliphatic carbocycles. The third kappa shape index (κ3) is 4.50. The molecule has 0 atom stereocenters. The number of thioether (sulfide) groups is 1. The maximum absolute atomic E-state index is 13.2. The molecule has 8 heteroatoms. The molecule has 1 amide bonds. The number of nitrogens with one attached hydrogen (secondary N) is 1. The maximum atomic E-state index is 13.2. The maximum Gasteiger partial charge on any atom is 0.433 e. The van der Waals surface area contributed by atoms with Crippen molar-refractivity contribution < 1.29 is 18.0 Å². The minimum absolute atomic E-state index is 0.00263. The molecule has 1 aromatic carbocycles. The SMILES string of the molecule is O=C(CSc1nc2c(c(C(F)(F)F)n1)CCC2)NCc1ccccc1. The van der Waals surface area contributed by atoms with Gasteiger partial charge in [0.1, 0.15) is 0 Å². The van der Waals surface area contributed by atoms with Crippen molar-refractivity contribution in [1.82, 2.24) is 15.3 Å². The van der Waals surface area contributed by atoms with Crippen molar-refractivity contribution >= 4 is 17.7 Å². The van der Waals surface area contributed by atoms with Crippen molar-refractivity contribution in [3.63, 3.8) is 0 Å². The fraction of sp³-hybridized carbons (Fsp3) is 0.353. The van der Waals surface area contributed by atoms with Gasteiger partial charge in [0.05, 0.1) is 5.75 Å². The van der Waals surface area contributed by atoms with E-state index in [1.165, 1.54) is 0 Å². The number of hydrogen-bond acceptors (Lipinski definition) is 4. The number of aromatic nitrogens is 2. The van der Waals surface area contributed by atoms with Gasteiger partial charge in [-0.05, 0) is 24.8 Å². The molecular weight excluding hydrogens is 351 g/mol. The fourth-order valence-corrected chi connectivity index (χ4v) is 3.38. The zero-order valence-electron chi connectivity index (χ0n) is 13.3. The lowest BCUT2D eigenvalue weighted by molar-refractivity contribution is -0.142. The van der Waals surface area contributed by atoms with Gasteiger partial charge in [-0.25, -0.2) is 9.97 Å². The van der Waals surface area contributed by atoms with E-state index >= 15 is 0 Å². The van der Waals surface area contributed by atoms with Crippen molar-refractivity contribution in [2.24, 2.45) is 0 Å². The first kappa shape index (κ1) is 17.7. The molecule has 4 nitrogen and oxygen atoms in total. The van der Waals surface area contributed by atoms with Gasteiger partial charge in [0.2, 0.25) is 5.91 Å². The van der Waals surface area contributed by atoms with Gasteiger partial charge in [-0.15, -0.1) is 0 Å². The molecule has 132 valence electrons. The molecule has 25 heavy (non-hydrogen) atoms. The van der Waals surface area contributed by atoms with Gasteiger partial charge in [-0.1, -0.05) is 42.1 Å². The quantitative estimate of drug-likeness (QED) is 0.650. The van der Waals surface area contributed by atoms with E-state index in [9.17, 15) is 18.0 Å². The van der Waals surface area contributed by atoms with E-state index in [0.717, 1.165) is 17.3 Å². The van der Waals surface area contributed by atoms with E-state index in [0.29, 0.717) is 31.5 Å². The Balaban J connectivity index is 1.62. The number of hydrogen-bond donors (Lipinski definition) is 1. The van der Waals surface area contributed by atoms with E-state index in [2.05, 4.69) is 15.3 Å². The summed E-state index contributed by atoms with van der Waals surface area (Å²) in [5.74, 6) is -0.297. The minimum atomic E-state index is -4.50. The van der Waals surface area contributed by atoms with Gasteiger partial charge in [-0.2, -0.15) is 13.2 Å². The lowest BCUT2D eigenvalue weighted by atomic mass is 10.2. The Morgan fingerprint density at radius 1 is 1.16 bits per heavy atom. The molecule has 1 aliphatic rings. The standard InChI is InChI=1S/C17H16F3N3OS/c18-17(19,20)15-12-7-4-8-13(12)22-16(23-15)25-10-14(24)21-9-11-5-2-1-3-6-11/h1-3,5-6H,4,7-10H2,(H,21,24). The normalized spacial score (nSPS) is 13.6. The Morgan fingerprint density at radius 3 is 2.64 bits per heavy atom. The largest absolute Gasteiger partial charge is 0.433 e. The van der Waals surface area contributed by atoms with Crippen LogP contribution in [-0.2, 0) is 30.4 Å². The number of carbonyl (C=O) groups excluding carboxylic acids is 1. The highest BCUT2D eigenvalue weighted by atomic mass is 32.2. The summed E-state index contributed by atoms with van der Waals surface area (Å²) in [4.78, 5) is 19.7. The van der Waals surface area contributed by atoms with E-state index in [1.54, 1.807) is 0 Å². The molecule has 1 heterocycles. The summed E-state index contributed by atoms with van der Waals surface area (Å²) in [5, 5.41) is 2.73. The summed E-state index contributed by atoms with van der Waals surface area (Å²) < 4.78 is 39.5. The number of fused-ring (bicyclic) bond motifs is 1. The van der Waals surface area contributed by atoms with Crippen LogP contribution in [0.15, 0.2) is 35.5 Å². The van der Waals surface area contributed by atoms with Gasteiger partial charge >= 0.3 is 6.18 Å². The molecule has 0 bridgehead atoms. The molecular formula is C17H16F3N3OS. The summed E-state index contributed by atoms with van der Waals surface area (Å²) in [7, 11) is 0. The number of amides is 1. The predicted molar refractivity (Wildman–Crippen MR) is 88.1 cm³/mol. The molecule has 1 aromatic heterocycles. The molecule has 0 unspecified atom stereocenters. The first-order chi connectivity index (χ1) is 11.9. The van der Waals surface area contributed by atoms with E-state index in [1.807, 2.05) is 30.3 Å². The first-order valence-corrected chi connectivity index (χ1v) is 8.82. The molecule has 1 N–H and O–H groups in total. The topological polar surface area (TPSA) is 54.9 Å². The molecule has 0 saturated heterocycles. The van der Waals surface area contributed by atoms with Crippen molar-refractivity contribution in [2.75, 3.05) is 5.75 Å². The number of carbonyl (C=O) groups is 1. The van der Waals surface area contributed by atoms with Crippen molar-refractivity contribution in [1.29, 1.82) is 0 Å². The highest BCUT2D eigenvalue weighted by molar-refractivity contribution is 7.99. The molecule has 0 saturated carbocycles. The summed E-state index contributed by atoms with van der Waals surface area (Å²) in [6.07, 6.45) is -2.97. The zero-order chi connectivity index (χ0) is 17.9. The third-order valence-corrected chi connectivity index (χ3v) is 4.69. The smallest absolute Gasteiger partial charge is 0.351 e. The number of alkyl halides is 3. The molecule has 2 aromatic rings. The second-order valence-corrected chi connectivity index (χ2v) is 6.62. The number of rotatable bonds is 5. The Bertz CT molecular complexity index is 766. The van der Waals surface area contributed by atoms with E-state index in [-0.39, 0.29) is 22.4 Å². The Labute approximate surface area is 147 Å². The van der Waals surface area contributed by atoms with E-state index < -0.39 is 11.9 Å². The molecule has 0 radical (unpaired) electrons. The highest BCUT2D eigenvalue weighted by Gasteiger charge is 2.38. The summed E-state index contributed by atoms with van der Waals surface area (Å²) in [6.45, 7) is 0.374. The van der Waals surface area contributed by atoms with Gasteiger partial charge < -0.3 is 5.32 Å². The van der Waals surface area contributed by atoms with Crippen molar-refractivity contribution in [3.05, 3.63) is 52.8 Å². The van der Waals surface area contributed by atoms with Gasteiger partial charge in [-0.3, -0.25) is 4.79 Å². The first-order valence-electron chi connectivity index (χ1n) is 7.84. The van der Waals surface area contributed by atoms with Crippen LogP contribution in [0.2, 0.25) is 0 Å². The van der Waals surface area contributed by atoms with E-state index in [4.69, 9.17) is 0 Å². The Hall–Kier alpha value is -2.09. The molecule has 0 aliphatic heterocycles. The molecule has 3 rings (SSSR count). The van der Waals surface area contributed by atoms with Crippen LogP contribution >= 0.6 is 11.8 Å². The average Bonchev–Trinajstić information content (AvgIpc) is 3.05. The number of halogens is 3. The predicted octanol–water partition coefficient (Wildman–Crippen LogP) is 3.39. The zero-order valence-corrected chi connectivity index (χ0v) is 14.1. The van der Waals surface area contributed by atoms with Crippen molar-refractivity contribution in [3.8, 4) is 0 Å². The Morgan fingerprint density at radius 2 is 1.92 bits per heavy atom. The number of benzene rings is 1. The van der Waals surface area contributed by atoms with Gasteiger partial charge in [0.15, 0.2) is 10.9 Å². The van der Waals surface area contributed by atoms with Gasteiger partial charge in [0.25, 0.3) is 0 Å². The lowest BCUT2D eigenvalue weighted by Crippen LogP contribution is -2.24. The molecule has 0 spiro atoms. The fourth-order valence-electron chi connectivity index (χ4n) is 2.69. The summed E-state index contributed by atoms with van der Waals surface area (Å²) in [5.41, 5.74) is 0.746. The van der Waals surface area contributed by atoms with Crippen LogP contribution in [0.1, 0.15) is 28.9 Å². The lowest BCUT2D eigenvalue weighted by Gasteiger charge is -2.12. The van der Waals surface area contributed by atoms with Crippen LogP contribution in [0.4, 0.5) is 13.2 Å². The second kappa shape index (κ2) is 7.43. The summed E-state index contributed by atoms with van der Waals surface area (Å²) in [6, 6.07) is 9.38. The van der Waals surface area contributed by atoms with Crippen LogP contribution in [0.3, 0.4) is 0 Å². The summed E-state index contributed by atoms with van der Waals surface area (Å²) >= 11 is 0.926. The molecule has 0 fully saturated rings. The Kier molecular flexibility index (Phi) is 5.27. The monoisotopic (exact) mass is 367 g/mol. The van der Waals surface area contributed by atoms with Crippen LogP contribution in [0, 0.1) is 0 Å². The third-order valence-electron chi connectivity index (χ3n) is 3.85. The van der Waals surface area contributed by atoms with Crippen LogP contribution in [-0.4, -0.2) is 21.6 Å². The van der Waals surface area contributed by atoms with Crippen LogP contribution < -0.4 is 5.32 Å². The number of nitrogens with zero attached hydrogens (tertiary/aromatic N) is 2. The number of aryl methyl sites for hydroxylation is 1. The average molecular weight is 367 g/mol. The van der Waals surface area contributed by atoms with Gasteiger partial charge in [0, 0.05) is 17.8 Å². The highest BCUT2D eigenvalue weighted by Crippen LogP contribution is 2.36. The van der Waals surface area contributed by atoms with Crippen molar-refractivity contribution in [2.45, 2.75) is 37.1 Å². The second-order valence-electron chi connectivity index (χ2n) is 5.68. The van der Waals surface area contributed by atoms with Crippen LogP contribution in [0.25, 0.3) is 0 Å².